The van der Waals surface area contributed by atoms with Gasteiger partial charge in [0.1, 0.15) is 6.04 Å². The van der Waals surface area contributed by atoms with Crippen LogP contribution < -0.4 is 15.5 Å². The highest BCUT2D eigenvalue weighted by Gasteiger charge is 2.34. The maximum Gasteiger partial charge on any atom is 0.322 e. The molecular weight excluding hydrogens is 336 g/mol. The summed E-state index contributed by atoms with van der Waals surface area (Å²) in [4.78, 5) is 30.0. The number of aromatic nitrogens is 1. The van der Waals surface area contributed by atoms with Gasteiger partial charge in [-0.3, -0.25) is 10.1 Å². The highest BCUT2D eigenvalue weighted by atomic mass is 32.1. The van der Waals surface area contributed by atoms with Gasteiger partial charge in [0.05, 0.1) is 16.8 Å². The minimum Gasteiger partial charge on any atom is -0.333 e. The average Bonchev–Trinajstić information content (AvgIpc) is 3.10. The minimum atomic E-state index is -0.437. The first-order valence-electron chi connectivity index (χ1n) is 8.64. The molecule has 0 aliphatic carbocycles. The Morgan fingerprint density at radius 1 is 1.32 bits per heavy atom. The Balaban J connectivity index is 1.63. The van der Waals surface area contributed by atoms with E-state index < -0.39 is 6.03 Å². The molecule has 3 N–H and O–H groups in total. The van der Waals surface area contributed by atoms with Gasteiger partial charge in [-0.15, -0.1) is 11.3 Å². The van der Waals surface area contributed by atoms with E-state index in [9.17, 15) is 9.59 Å². The summed E-state index contributed by atoms with van der Waals surface area (Å²) in [5.74, 6) is -0.246. The van der Waals surface area contributed by atoms with Crippen molar-refractivity contribution in [1.82, 2.24) is 15.6 Å². The van der Waals surface area contributed by atoms with E-state index in [2.05, 4.69) is 16.7 Å². The summed E-state index contributed by atoms with van der Waals surface area (Å²) in [5, 5.41) is 6.26. The van der Waals surface area contributed by atoms with E-state index in [1.54, 1.807) is 11.3 Å². The molecule has 7 heteroatoms. The van der Waals surface area contributed by atoms with Crippen LogP contribution in [0.4, 0.5) is 4.79 Å². The van der Waals surface area contributed by atoms with Crippen molar-refractivity contribution in [3.63, 3.8) is 0 Å². The van der Waals surface area contributed by atoms with E-state index in [1.807, 2.05) is 39.0 Å². The Morgan fingerprint density at radius 3 is 2.80 bits per heavy atom. The van der Waals surface area contributed by atoms with Crippen LogP contribution in [0.15, 0.2) is 24.3 Å². The monoisotopic (exact) mass is 361 g/mol. The van der Waals surface area contributed by atoms with Crippen LogP contribution in [0.2, 0.25) is 0 Å². The largest absolute Gasteiger partial charge is 0.333 e. The zero-order valence-corrected chi connectivity index (χ0v) is 15.7. The van der Waals surface area contributed by atoms with Crippen molar-refractivity contribution < 1.29 is 14.5 Å². The zero-order chi connectivity index (χ0) is 18.0. The molecular formula is C18H25N4O2S+. The molecule has 3 rings (SSSR count). The quantitative estimate of drug-likeness (QED) is 0.778. The number of amides is 3. The standard InChI is InChI=1S/C18H24N4O2S/c1-18(2,3)21-17(24)20-15(23)11-22-10-6-8-13(22)16-19-12-7-4-5-9-14(12)25-16/h4-5,7,9,13H,6,8,10-11H2,1-3H3,(H2,20,21,23,24)/p+1/t13-/m0/s1. The summed E-state index contributed by atoms with van der Waals surface area (Å²) < 4.78 is 1.18. The summed E-state index contributed by atoms with van der Waals surface area (Å²) in [6, 6.07) is 7.90. The van der Waals surface area contributed by atoms with E-state index in [0.29, 0.717) is 0 Å². The minimum absolute atomic E-state index is 0.230. The number of nitrogens with one attached hydrogen (secondary N) is 3. The van der Waals surface area contributed by atoms with Crippen LogP contribution in [0.25, 0.3) is 10.2 Å². The van der Waals surface area contributed by atoms with E-state index in [1.165, 1.54) is 9.60 Å². The van der Waals surface area contributed by atoms with Gasteiger partial charge in [-0.05, 0) is 32.9 Å². The molecule has 1 aliphatic heterocycles. The number of urea groups is 1. The lowest BCUT2D eigenvalue weighted by Crippen LogP contribution is -3.11. The molecule has 2 heterocycles. The van der Waals surface area contributed by atoms with Gasteiger partial charge in [0.15, 0.2) is 11.6 Å². The predicted molar refractivity (Wildman–Crippen MR) is 98.7 cm³/mol. The second kappa shape index (κ2) is 7.09. The van der Waals surface area contributed by atoms with Crippen LogP contribution in [0.3, 0.4) is 0 Å². The van der Waals surface area contributed by atoms with Crippen molar-refractivity contribution in [2.24, 2.45) is 0 Å². The number of likely N-dealkylation sites (tertiary alicyclic amines) is 1. The van der Waals surface area contributed by atoms with E-state index in [4.69, 9.17) is 4.98 Å². The number of rotatable bonds is 3. The first-order valence-corrected chi connectivity index (χ1v) is 9.45. The lowest BCUT2D eigenvalue weighted by Gasteiger charge is -2.22. The molecule has 25 heavy (non-hydrogen) atoms. The molecule has 0 radical (unpaired) electrons. The zero-order valence-electron chi connectivity index (χ0n) is 14.9. The van der Waals surface area contributed by atoms with Crippen LogP contribution in [-0.4, -0.2) is 35.6 Å². The maximum absolute atomic E-state index is 12.2. The molecule has 3 amide bonds. The summed E-state index contributed by atoms with van der Waals surface area (Å²) >= 11 is 1.70. The van der Waals surface area contributed by atoms with Crippen molar-refractivity contribution >= 4 is 33.5 Å². The van der Waals surface area contributed by atoms with Crippen molar-refractivity contribution in [2.75, 3.05) is 13.1 Å². The Morgan fingerprint density at radius 2 is 2.08 bits per heavy atom. The molecule has 6 nitrogen and oxygen atoms in total. The molecule has 1 aromatic carbocycles. The molecule has 1 unspecified atom stereocenters. The molecule has 0 bridgehead atoms. The van der Waals surface area contributed by atoms with Crippen LogP contribution in [0, 0.1) is 0 Å². The Hall–Kier alpha value is -1.99. The Labute approximate surface area is 151 Å². The van der Waals surface area contributed by atoms with Gasteiger partial charge in [0, 0.05) is 18.4 Å². The molecule has 0 spiro atoms. The number of quaternary nitrogens is 1. The van der Waals surface area contributed by atoms with Crippen molar-refractivity contribution in [1.29, 1.82) is 0 Å². The van der Waals surface area contributed by atoms with Gasteiger partial charge in [-0.25, -0.2) is 9.78 Å². The maximum atomic E-state index is 12.2. The fourth-order valence-corrected chi connectivity index (χ4v) is 4.37. The van der Waals surface area contributed by atoms with Gasteiger partial charge in [-0.2, -0.15) is 0 Å². The summed E-state index contributed by atoms with van der Waals surface area (Å²) in [7, 11) is 0. The SMILES string of the molecule is CC(C)(C)NC(=O)NC(=O)C[NH+]1CCC[C@H]1c1nc2ccccc2s1. The third kappa shape index (κ3) is 4.55. The second-order valence-electron chi connectivity index (χ2n) is 7.55. The van der Waals surface area contributed by atoms with Crippen molar-refractivity contribution in [3.05, 3.63) is 29.3 Å². The molecule has 1 saturated heterocycles. The smallest absolute Gasteiger partial charge is 0.322 e. The average molecular weight is 361 g/mol. The molecule has 2 aromatic rings. The molecule has 134 valence electrons. The number of para-hydroxylation sites is 1. The topological polar surface area (TPSA) is 75.5 Å². The van der Waals surface area contributed by atoms with Crippen LogP contribution in [0.1, 0.15) is 44.7 Å². The Kier molecular flexibility index (Phi) is 5.06. The number of benzene rings is 1. The first-order chi connectivity index (χ1) is 11.8. The highest BCUT2D eigenvalue weighted by molar-refractivity contribution is 7.18. The number of carbonyl (C=O) groups is 2. The molecule has 1 aromatic heterocycles. The number of nitrogens with zero attached hydrogens (tertiary/aromatic N) is 1. The van der Waals surface area contributed by atoms with E-state index in [-0.39, 0.29) is 24.0 Å². The first kappa shape index (κ1) is 17.8. The van der Waals surface area contributed by atoms with Gasteiger partial charge < -0.3 is 10.2 Å². The van der Waals surface area contributed by atoms with E-state index >= 15 is 0 Å². The number of hydrogen-bond acceptors (Lipinski definition) is 4. The van der Waals surface area contributed by atoms with Gasteiger partial charge in [0.25, 0.3) is 5.91 Å². The molecule has 0 saturated carbocycles. The predicted octanol–water partition coefficient (Wildman–Crippen LogP) is 1.64. The fourth-order valence-electron chi connectivity index (χ4n) is 3.21. The van der Waals surface area contributed by atoms with Crippen LogP contribution in [0.5, 0.6) is 0 Å². The highest BCUT2D eigenvalue weighted by Crippen LogP contribution is 2.28. The third-order valence-electron chi connectivity index (χ3n) is 4.22. The fraction of sp³-hybridized carbons (Fsp3) is 0.500. The molecule has 1 fully saturated rings. The molecule has 2 atom stereocenters. The third-order valence-corrected chi connectivity index (χ3v) is 5.37. The number of thiazole rings is 1. The second-order valence-corrected chi connectivity index (χ2v) is 8.61. The normalized spacial score (nSPS) is 20.6. The van der Waals surface area contributed by atoms with Crippen molar-refractivity contribution in [2.45, 2.75) is 45.2 Å². The lowest BCUT2D eigenvalue weighted by molar-refractivity contribution is -0.910. The Bertz CT molecular complexity index is 748. The van der Waals surface area contributed by atoms with E-state index in [0.717, 1.165) is 29.9 Å². The van der Waals surface area contributed by atoms with Gasteiger partial charge >= 0.3 is 6.03 Å². The number of imide groups is 1. The number of hydrogen-bond donors (Lipinski definition) is 3. The lowest BCUT2D eigenvalue weighted by atomic mass is 10.1. The number of carbonyl (C=O) groups excluding carboxylic acids is 2. The van der Waals surface area contributed by atoms with Crippen molar-refractivity contribution in [3.8, 4) is 0 Å². The van der Waals surface area contributed by atoms with Gasteiger partial charge in [0.2, 0.25) is 0 Å². The van der Waals surface area contributed by atoms with Gasteiger partial charge in [-0.1, -0.05) is 12.1 Å². The molecule has 1 aliphatic rings. The van der Waals surface area contributed by atoms with Crippen LogP contribution >= 0.6 is 11.3 Å². The summed E-state index contributed by atoms with van der Waals surface area (Å²) in [6.07, 6.45) is 2.09. The van der Waals surface area contributed by atoms with Crippen LogP contribution in [-0.2, 0) is 4.79 Å². The summed E-state index contributed by atoms with van der Waals surface area (Å²) in [5.41, 5.74) is 0.650. The summed E-state index contributed by atoms with van der Waals surface area (Å²) in [6.45, 7) is 6.86. The number of fused-ring (bicyclic) bond motifs is 1.